The molecule has 1 atom stereocenters. The lowest BCUT2D eigenvalue weighted by Gasteiger charge is -2.18. The van der Waals surface area contributed by atoms with Crippen LogP contribution in [0.3, 0.4) is 0 Å². The largest absolute Gasteiger partial charge is 0.310 e. The molecule has 1 aromatic rings. The van der Waals surface area contributed by atoms with Gasteiger partial charge in [0.05, 0.1) is 0 Å². The lowest BCUT2D eigenvalue weighted by Crippen LogP contribution is -2.26. The zero-order chi connectivity index (χ0) is 12.5. The summed E-state index contributed by atoms with van der Waals surface area (Å²) >= 11 is 5.82. The predicted octanol–water partition coefficient (Wildman–Crippen LogP) is 4.15. The molecule has 0 aliphatic heterocycles. The monoisotopic (exact) mass is 255 g/mol. The maximum Gasteiger partial charge on any atom is 0.125 e. The molecule has 2 rings (SSSR count). The van der Waals surface area contributed by atoms with Gasteiger partial charge in [0.15, 0.2) is 0 Å². The third kappa shape index (κ3) is 3.68. The average molecular weight is 256 g/mol. The minimum atomic E-state index is -0.263. The Bertz CT molecular complexity index is 383. The molecule has 0 amide bonds. The molecule has 0 radical (unpaired) electrons. The van der Waals surface area contributed by atoms with E-state index in [0.29, 0.717) is 23.0 Å². The second kappa shape index (κ2) is 4.95. The Labute approximate surface area is 107 Å². The van der Waals surface area contributed by atoms with Gasteiger partial charge in [-0.3, -0.25) is 0 Å². The first-order chi connectivity index (χ1) is 7.94. The van der Waals surface area contributed by atoms with Crippen molar-refractivity contribution < 1.29 is 4.39 Å². The zero-order valence-electron chi connectivity index (χ0n) is 10.4. The van der Waals surface area contributed by atoms with Crippen molar-refractivity contribution in [2.24, 2.45) is 5.41 Å². The van der Waals surface area contributed by atoms with Crippen LogP contribution in [0.5, 0.6) is 0 Å². The normalized spacial score (nSPS) is 22.9. The van der Waals surface area contributed by atoms with Crippen LogP contribution in [-0.2, 0) is 6.54 Å². The van der Waals surface area contributed by atoms with Crippen molar-refractivity contribution in [1.29, 1.82) is 0 Å². The van der Waals surface area contributed by atoms with E-state index in [2.05, 4.69) is 19.2 Å². The summed E-state index contributed by atoms with van der Waals surface area (Å²) in [6.45, 7) is 5.29. The highest BCUT2D eigenvalue weighted by atomic mass is 35.5. The zero-order valence-corrected chi connectivity index (χ0v) is 11.1. The van der Waals surface area contributed by atoms with E-state index in [9.17, 15) is 4.39 Å². The average Bonchev–Trinajstić information content (AvgIpc) is 2.54. The molecule has 1 aliphatic carbocycles. The molecule has 0 saturated heterocycles. The second-order valence-electron chi connectivity index (χ2n) is 5.76. The first-order valence-electron chi connectivity index (χ1n) is 6.13. The van der Waals surface area contributed by atoms with Crippen LogP contribution in [0.2, 0.25) is 5.02 Å². The summed E-state index contributed by atoms with van der Waals surface area (Å²) in [5, 5.41) is 3.95. The van der Waals surface area contributed by atoms with E-state index >= 15 is 0 Å². The predicted molar refractivity (Wildman–Crippen MR) is 69.7 cm³/mol. The van der Waals surface area contributed by atoms with Gasteiger partial charge in [0.25, 0.3) is 0 Å². The van der Waals surface area contributed by atoms with Gasteiger partial charge in [-0.25, -0.2) is 4.39 Å². The molecular weight excluding hydrogens is 237 g/mol. The Morgan fingerprint density at radius 2 is 2.18 bits per heavy atom. The summed E-state index contributed by atoms with van der Waals surface area (Å²) in [4.78, 5) is 0. The molecule has 94 valence electrons. The van der Waals surface area contributed by atoms with E-state index in [4.69, 9.17) is 11.6 Å². The molecule has 0 spiro atoms. The minimum Gasteiger partial charge on any atom is -0.310 e. The molecule has 1 fully saturated rings. The summed E-state index contributed by atoms with van der Waals surface area (Å²) in [7, 11) is 0. The van der Waals surface area contributed by atoms with Gasteiger partial charge in [-0.05, 0) is 48.4 Å². The van der Waals surface area contributed by atoms with Gasteiger partial charge >= 0.3 is 0 Å². The summed E-state index contributed by atoms with van der Waals surface area (Å²) in [5.41, 5.74) is 1.36. The standard InChI is InChI=1S/C14H19ClFN/c1-14(2)4-3-13(8-14)17-9-10-5-11(15)7-12(16)6-10/h5-7,13,17H,3-4,8-9H2,1-2H3. The summed E-state index contributed by atoms with van der Waals surface area (Å²) in [6.07, 6.45) is 3.65. The first-order valence-corrected chi connectivity index (χ1v) is 6.51. The van der Waals surface area contributed by atoms with Crippen LogP contribution in [0, 0.1) is 11.2 Å². The van der Waals surface area contributed by atoms with Crippen LogP contribution >= 0.6 is 11.6 Å². The molecule has 0 aromatic heterocycles. The lowest BCUT2D eigenvalue weighted by atomic mass is 9.92. The molecular formula is C14H19ClFN. The van der Waals surface area contributed by atoms with Gasteiger partial charge in [0.1, 0.15) is 5.82 Å². The van der Waals surface area contributed by atoms with E-state index in [0.717, 1.165) is 5.56 Å². The topological polar surface area (TPSA) is 12.0 Å². The Morgan fingerprint density at radius 3 is 2.76 bits per heavy atom. The molecule has 1 saturated carbocycles. The van der Waals surface area contributed by atoms with Crippen molar-refractivity contribution in [2.75, 3.05) is 0 Å². The SMILES string of the molecule is CC1(C)CCC(NCc2cc(F)cc(Cl)c2)C1. The van der Waals surface area contributed by atoms with Gasteiger partial charge in [-0.2, -0.15) is 0 Å². The Hall–Kier alpha value is -0.600. The fourth-order valence-electron chi connectivity index (χ4n) is 2.59. The van der Waals surface area contributed by atoms with Crippen molar-refractivity contribution in [2.45, 2.75) is 45.7 Å². The molecule has 1 aliphatic rings. The maximum atomic E-state index is 13.1. The van der Waals surface area contributed by atoms with Gasteiger partial charge in [-0.1, -0.05) is 25.4 Å². The third-order valence-electron chi connectivity index (χ3n) is 3.49. The molecule has 17 heavy (non-hydrogen) atoms. The maximum absolute atomic E-state index is 13.1. The Kier molecular flexibility index (Phi) is 3.74. The molecule has 0 heterocycles. The van der Waals surface area contributed by atoms with Crippen molar-refractivity contribution in [3.63, 3.8) is 0 Å². The number of nitrogens with one attached hydrogen (secondary N) is 1. The third-order valence-corrected chi connectivity index (χ3v) is 3.70. The summed E-state index contributed by atoms with van der Waals surface area (Å²) in [6, 6.07) is 5.24. The van der Waals surface area contributed by atoms with Crippen molar-refractivity contribution >= 4 is 11.6 Å². The number of rotatable bonds is 3. The first kappa shape index (κ1) is 12.8. The fraction of sp³-hybridized carbons (Fsp3) is 0.571. The number of hydrogen-bond donors (Lipinski definition) is 1. The highest BCUT2D eigenvalue weighted by Gasteiger charge is 2.30. The molecule has 1 N–H and O–H groups in total. The summed E-state index contributed by atoms with van der Waals surface area (Å²) < 4.78 is 13.1. The molecule has 0 bridgehead atoms. The molecule has 1 aromatic carbocycles. The number of hydrogen-bond acceptors (Lipinski definition) is 1. The van der Waals surface area contributed by atoms with Crippen molar-refractivity contribution in [3.05, 3.63) is 34.6 Å². The number of halogens is 2. The van der Waals surface area contributed by atoms with Crippen LogP contribution in [-0.4, -0.2) is 6.04 Å². The Morgan fingerprint density at radius 1 is 1.41 bits per heavy atom. The van der Waals surface area contributed by atoms with Crippen molar-refractivity contribution in [1.82, 2.24) is 5.32 Å². The van der Waals surface area contributed by atoms with E-state index < -0.39 is 0 Å². The van der Waals surface area contributed by atoms with Crippen LogP contribution < -0.4 is 5.32 Å². The van der Waals surface area contributed by atoms with E-state index in [1.807, 2.05) is 6.07 Å². The smallest absolute Gasteiger partial charge is 0.125 e. The second-order valence-corrected chi connectivity index (χ2v) is 6.20. The van der Waals surface area contributed by atoms with E-state index in [1.165, 1.54) is 25.3 Å². The van der Waals surface area contributed by atoms with Gasteiger partial charge in [0, 0.05) is 17.6 Å². The van der Waals surface area contributed by atoms with Gasteiger partial charge in [-0.15, -0.1) is 0 Å². The summed E-state index contributed by atoms with van der Waals surface area (Å²) in [5.74, 6) is -0.263. The fourth-order valence-corrected chi connectivity index (χ4v) is 2.83. The van der Waals surface area contributed by atoms with Crippen LogP contribution in [0.1, 0.15) is 38.7 Å². The minimum absolute atomic E-state index is 0.263. The quantitative estimate of drug-likeness (QED) is 0.856. The molecule has 3 heteroatoms. The van der Waals surface area contributed by atoms with Gasteiger partial charge in [0.2, 0.25) is 0 Å². The van der Waals surface area contributed by atoms with Crippen LogP contribution in [0.15, 0.2) is 18.2 Å². The number of benzene rings is 1. The highest BCUT2D eigenvalue weighted by Crippen LogP contribution is 2.36. The van der Waals surface area contributed by atoms with Crippen LogP contribution in [0.25, 0.3) is 0 Å². The van der Waals surface area contributed by atoms with E-state index in [1.54, 1.807) is 6.07 Å². The Balaban J connectivity index is 1.90. The van der Waals surface area contributed by atoms with Crippen molar-refractivity contribution in [3.8, 4) is 0 Å². The molecule has 1 nitrogen and oxygen atoms in total. The van der Waals surface area contributed by atoms with E-state index in [-0.39, 0.29) is 5.82 Å². The van der Waals surface area contributed by atoms with Gasteiger partial charge < -0.3 is 5.32 Å². The lowest BCUT2D eigenvalue weighted by molar-refractivity contribution is 0.364. The highest BCUT2D eigenvalue weighted by molar-refractivity contribution is 6.30. The molecule has 1 unspecified atom stereocenters. The van der Waals surface area contributed by atoms with Crippen LogP contribution in [0.4, 0.5) is 4.39 Å².